The van der Waals surface area contributed by atoms with Crippen molar-refractivity contribution >= 4 is 17.3 Å². The van der Waals surface area contributed by atoms with E-state index < -0.39 is 6.23 Å². The largest absolute Gasteiger partial charge is 0.397 e. The van der Waals surface area contributed by atoms with Gasteiger partial charge in [0, 0.05) is 25.4 Å². The number of nitrogen functional groups attached to an aromatic ring is 1. The van der Waals surface area contributed by atoms with Crippen molar-refractivity contribution in [1.82, 2.24) is 10.3 Å². The number of pyridine rings is 1. The third-order valence-corrected chi connectivity index (χ3v) is 3.88. The van der Waals surface area contributed by atoms with Crippen molar-refractivity contribution in [3.05, 3.63) is 54.4 Å². The molecule has 1 aromatic heterocycles. The maximum Gasteiger partial charge on any atom is 0.224 e. The van der Waals surface area contributed by atoms with Crippen LogP contribution in [0.3, 0.4) is 0 Å². The highest BCUT2D eigenvalue weighted by atomic mass is 16.3. The second-order valence-corrected chi connectivity index (χ2v) is 5.99. The summed E-state index contributed by atoms with van der Waals surface area (Å²) in [6, 6.07) is 11.1. The number of rotatable bonds is 10. The Morgan fingerprint density at radius 1 is 1.16 bits per heavy atom. The molecule has 0 aliphatic rings. The quantitative estimate of drug-likeness (QED) is 0.302. The number of amides is 1. The lowest BCUT2D eigenvalue weighted by atomic mass is 10.1. The molecule has 25 heavy (non-hydrogen) atoms. The topological polar surface area (TPSA) is 100 Å². The second kappa shape index (κ2) is 10.4. The predicted octanol–water partition coefficient (Wildman–Crippen LogP) is 2.66. The third kappa shape index (κ3) is 7.32. The summed E-state index contributed by atoms with van der Waals surface area (Å²) in [6.45, 7) is 0.593. The number of hydrogen-bond acceptors (Lipinski definition) is 5. The van der Waals surface area contributed by atoms with Gasteiger partial charge in [0.15, 0.2) is 0 Å². The van der Waals surface area contributed by atoms with E-state index >= 15 is 0 Å². The summed E-state index contributed by atoms with van der Waals surface area (Å²) in [7, 11) is 0. The summed E-state index contributed by atoms with van der Waals surface area (Å²) < 4.78 is 0. The van der Waals surface area contributed by atoms with Gasteiger partial charge < -0.3 is 16.2 Å². The Hall–Kier alpha value is -2.44. The van der Waals surface area contributed by atoms with Gasteiger partial charge in [-0.1, -0.05) is 24.6 Å². The zero-order valence-corrected chi connectivity index (χ0v) is 14.3. The van der Waals surface area contributed by atoms with E-state index in [-0.39, 0.29) is 5.91 Å². The zero-order valence-electron chi connectivity index (χ0n) is 14.3. The summed E-state index contributed by atoms with van der Waals surface area (Å²) in [6.07, 6.45) is 6.61. The molecule has 2 aromatic rings. The first kappa shape index (κ1) is 18.9. The fraction of sp³-hybridized carbons (Fsp3) is 0.368. The standard InChI is InChI=1S/C19H26N4O2/c20-16-8-4-5-9-17(16)23-19(25)11-3-1-2-10-18(24)22-14-15-7-6-12-21-13-15/h4-9,12-13,18,22,24H,1-3,10-11,14,20H2,(H,23,25). The summed E-state index contributed by atoms with van der Waals surface area (Å²) >= 11 is 0. The summed E-state index contributed by atoms with van der Waals surface area (Å²) in [5.41, 5.74) is 8.06. The number of nitrogens with two attached hydrogens (primary N) is 1. The Labute approximate surface area is 148 Å². The molecule has 0 radical (unpaired) electrons. The van der Waals surface area contributed by atoms with E-state index in [2.05, 4.69) is 15.6 Å². The zero-order chi connectivity index (χ0) is 17.9. The van der Waals surface area contributed by atoms with Crippen LogP contribution in [0.5, 0.6) is 0 Å². The fourth-order valence-electron chi connectivity index (χ4n) is 2.46. The minimum atomic E-state index is -0.543. The highest BCUT2D eigenvalue weighted by Crippen LogP contribution is 2.17. The molecule has 1 heterocycles. The van der Waals surface area contributed by atoms with E-state index in [1.807, 2.05) is 24.3 Å². The van der Waals surface area contributed by atoms with Crippen LogP contribution in [-0.4, -0.2) is 22.2 Å². The van der Waals surface area contributed by atoms with E-state index in [1.54, 1.807) is 24.5 Å². The Kier molecular flexibility index (Phi) is 7.88. The molecule has 0 saturated heterocycles. The monoisotopic (exact) mass is 342 g/mol. The number of hydrogen-bond donors (Lipinski definition) is 4. The lowest BCUT2D eigenvalue weighted by Crippen LogP contribution is -2.28. The normalized spacial score (nSPS) is 11.9. The number of carbonyl (C=O) groups is 1. The fourth-order valence-corrected chi connectivity index (χ4v) is 2.46. The molecule has 0 fully saturated rings. The van der Waals surface area contributed by atoms with E-state index in [9.17, 15) is 9.90 Å². The highest BCUT2D eigenvalue weighted by molar-refractivity contribution is 5.93. The molecule has 6 nitrogen and oxygen atoms in total. The van der Waals surface area contributed by atoms with Gasteiger partial charge in [-0.25, -0.2) is 0 Å². The van der Waals surface area contributed by atoms with Crippen LogP contribution in [0.1, 0.15) is 37.7 Å². The Morgan fingerprint density at radius 2 is 2.00 bits per heavy atom. The SMILES string of the molecule is Nc1ccccc1NC(=O)CCCCCC(O)NCc1cccnc1. The van der Waals surface area contributed by atoms with Crippen LogP contribution in [0.25, 0.3) is 0 Å². The molecule has 1 aromatic carbocycles. The average molecular weight is 342 g/mol. The van der Waals surface area contributed by atoms with Crippen molar-refractivity contribution in [2.75, 3.05) is 11.1 Å². The van der Waals surface area contributed by atoms with Gasteiger partial charge >= 0.3 is 0 Å². The van der Waals surface area contributed by atoms with Gasteiger partial charge in [0.05, 0.1) is 11.4 Å². The molecule has 2 rings (SSSR count). The van der Waals surface area contributed by atoms with Crippen molar-refractivity contribution in [2.24, 2.45) is 0 Å². The van der Waals surface area contributed by atoms with E-state index in [0.717, 1.165) is 24.8 Å². The first-order valence-electron chi connectivity index (χ1n) is 8.60. The molecule has 6 heteroatoms. The van der Waals surface area contributed by atoms with Gasteiger partial charge in [0.2, 0.25) is 5.91 Å². The van der Waals surface area contributed by atoms with Gasteiger partial charge in [-0.3, -0.25) is 15.1 Å². The van der Waals surface area contributed by atoms with Gasteiger partial charge in [-0.05, 0) is 43.0 Å². The second-order valence-electron chi connectivity index (χ2n) is 5.99. The summed E-state index contributed by atoms with van der Waals surface area (Å²) in [5, 5.41) is 15.8. The third-order valence-electron chi connectivity index (χ3n) is 3.88. The number of nitrogens with zero attached hydrogens (tertiary/aromatic N) is 1. The smallest absolute Gasteiger partial charge is 0.224 e. The van der Waals surface area contributed by atoms with Crippen LogP contribution in [-0.2, 0) is 11.3 Å². The summed E-state index contributed by atoms with van der Waals surface area (Å²) in [5.74, 6) is -0.0341. The number of para-hydroxylation sites is 2. The van der Waals surface area contributed by atoms with Crippen molar-refractivity contribution < 1.29 is 9.90 Å². The number of benzene rings is 1. The van der Waals surface area contributed by atoms with Gasteiger partial charge in [-0.15, -0.1) is 0 Å². The lowest BCUT2D eigenvalue weighted by molar-refractivity contribution is -0.116. The molecule has 1 amide bonds. The van der Waals surface area contributed by atoms with E-state index in [0.29, 0.717) is 30.8 Å². The molecule has 1 unspecified atom stereocenters. The maximum absolute atomic E-state index is 11.9. The Bertz CT molecular complexity index is 649. The molecular weight excluding hydrogens is 316 g/mol. The number of nitrogens with one attached hydrogen (secondary N) is 2. The molecular formula is C19H26N4O2. The number of anilines is 2. The minimum absolute atomic E-state index is 0.0341. The van der Waals surface area contributed by atoms with Crippen LogP contribution in [0.2, 0.25) is 0 Å². The van der Waals surface area contributed by atoms with Gasteiger partial charge in [0.25, 0.3) is 0 Å². The van der Waals surface area contributed by atoms with Crippen molar-refractivity contribution in [2.45, 2.75) is 44.9 Å². The lowest BCUT2D eigenvalue weighted by Gasteiger charge is -2.12. The van der Waals surface area contributed by atoms with Gasteiger partial charge in [-0.2, -0.15) is 0 Å². The number of aliphatic hydroxyl groups excluding tert-OH is 1. The molecule has 0 saturated carbocycles. The van der Waals surface area contributed by atoms with E-state index in [4.69, 9.17) is 5.73 Å². The Morgan fingerprint density at radius 3 is 2.76 bits per heavy atom. The van der Waals surface area contributed by atoms with Crippen LogP contribution >= 0.6 is 0 Å². The molecule has 0 aliphatic heterocycles. The maximum atomic E-state index is 11.9. The number of aromatic nitrogens is 1. The molecule has 5 N–H and O–H groups in total. The molecule has 0 bridgehead atoms. The molecule has 1 atom stereocenters. The van der Waals surface area contributed by atoms with Crippen LogP contribution in [0, 0.1) is 0 Å². The molecule has 134 valence electrons. The number of aliphatic hydroxyl groups is 1. The number of unbranched alkanes of at least 4 members (excludes halogenated alkanes) is 2. The van der Waals surface area contributed by atoms with Crippen molar-refractivity contribution in [3.63, 3.8) is 0 Å². The van der Waals surface area contributed by atoms with Crippen LogP contribution in [0.15, 0.2) is 48.8 Å². The summed E-state index contributed by atoms with van der Waals surface area (Å²) in [4.78, 5) is 15.9. The Balaban J connectivity index is 1.54. The van der Waals surface area contributed by atoms with Crippen LogP contribution in [0.4, 0.5) is 11.4 Å². The van der Waals surface area contributed by atoms with E-state index in [1.165, 1.54) is 0 Å². The molecule has 0 aliphatic carbocycles. The highest BCUT2D eigenvalue weighted by Gasteiger charge is 2.06. The van der Waals surface area contributed by atoms with Crippen molar-refractivity contribution in [1.29, 1.82) is 0 Å². The first-order chi connectivity index (χ1) is 12.1. The minimum Gasteiger partial charge on any atom is -0.397 e. The predicted molar refractivity (Wildman–Crippen MR) is 99.7 cm³/mol. The average Bonchev–Trinajstić information content (AvgIpc) is 2.62. The van der Waals surface area contributed by atoms with Crippen LogP contribution < -0.4 is 16.4 Å². The number of carbonyl (C=O) groups excluding carboxylic acids is 1. The van der Waals surface area contributed by atoms with Crippen molar-refractivity contribution in [3.8, 4) is 0 Å². The molecule has 0 spiro atoms. The van der Waals surface area contributed by atoms with Gasteiger partial charge in [0.1, 0.15) is 6.23 Å². The first-order valence-corrected chi connectivity index (χ1v) is 8.60.